The molecular weight excluding hydrogens is 393 g/mol. The summed E-state index contributed by atoms with van der Waals surface area (Å²) in [5.41, 5.74) is 4.08. The number of imidazole rings is 1. The van der Waals surface area contributed by atoms with E-state index in [0.717, 1.165) is 16.8 Å². The standard InChI is InChI=1S/C24H18FN5O/c1-16-7-6-13-29-22(16)26-21(17-8-3-2-4-9-17)23(29)27-24(31)20-12-14-30(28-20)19-11-5-10-18(25)15-19/h2-15H,1H3,(H,27,31). The van der Waals surface area contributed by atoms with Crippen LogP contribution in [0.2, 0.25) is 0 Å². The maximum absolute atomic E-state index is 13.5. The van der Waals surface area contributed by atoms with Gasteiger partial charge in [0, 0.05) is 18.0 Å². The first-order valence-corrected chi connectivity index (χ1v) is 9.76. The van der Waals surface area contributed by atoms with Crippen molar-refractivity contribution in [2.45, 2.75) is 6.92 Å². The molecule has 5 rings (SSSR count). The summed E-state index contributed by atoms with van der Waals surface area (Å²) < 4.78 is 16.9. The lowest BCUT2D eigenvalue weighted by molar-refractivity contribution is 0.102. The summed E-state index contributed by atoms with van der Waals surface area (Å²) in [6.07, 6.45) is 3.49. The molecule has 0 saturated heterocycles. The van der Waals surface area contributed by atoms with E-state index in [2.05, 4.69) is 10.4 Å². The van der Waals surface area contributed by atoms with E-state index in [9.17, 15) is 9.18 Å². The number of aromatic nitrogens is 4. The third-order valence-corrected chi connectivity index (χ3v) is 5.02. The summed E-state index contributed by atoms with van der Waals surface area (Å²) in [5, 5.41) is 7.27. The Balaban J connectivity index is 1.53. The molecule has 1 amide bonds. The van der Waals surface area contributed by atoms with Crippen molar-refractivity contribution in [2.75, 3.05) is 5.32 Å². The number of aryl methyl sites for hydroxylation is 1. The number of anilines is 1. The number of pyridine rings is 1. The highest BCUT2D eigenvalue weighted by Crippen LogP contribution is 2.30. The number of amides is 1. The second kappa shape index (κ2) is 7.53. The Kier molecular flexibility index (Phi) is 4.55. The van der Waals surface area contributed by atoms with E-state index in [1.165, 1.54) is 16.8 Å². The van der Waals surface area contributed by atoms with Gasteiger partial charge in [-0.15, -0.1) is 0 Å². The molecule has 0 spiro atoms. The van der Waals surface area contributed by atoms with Gasteiger partial charge in [-0.1, -0.05) is 42.5 Å². The van der Waals surface area contributed by atoms with Crippen LogP contribution in [0.25, 0.3) is 22.6 Å². The third kappa shape index (κ3) is 3.46. The summed E-state index contributed by atoms with van der Waals surface area (Å²) in [6, 6.07) is 21.2. The average molecular weight is 411 g/mol. The quantitative estimate of drug-likeness (QED) is 0.458. The van der Waals surface area contributed by atoms with E-state index >= 15 is 0 Å². The molecule has 5 aromatic rings. The molecule has 0 radical (unpaired) electrons. The molecule has 0 aliphatic heterocycles. The number of carbonyl (C=O) groups excluding carboxylic acids is 1. The Hall–Kier alpha value is -4.26. The lowest BCUT2D eigenvalue weighted by Gasteiger charge is -2.07. The highest BCUT2D eigenvalue weighted by molar-refractivity contribution is 6.04. The maximum Gasteiger partial charge on any atom is 0.277 e. The second-order valence-electron chi connectivity index (χ2n) is 7.14. The van der Waals surface area contributed by atoms with Crippen LogP contribution in [-0.2, 0) is 0 Å². The van der Waals surface area contributed by atoms with Gasteiger partial charge < -0.3 is 5.32 Å². The maximum atomic E-state index is 13.5. The predicted octanol–water partition coefficient (Wildman–Crippen LogP) is 4.89. The number of rotatable bonds is 4. The number of hydrogen-bond acceptors (Lipinski definition) is 3. The van der Waals surface area contributed by atoms with E-state index < -0.39 is 0 Å². The number of nitrogens with zero attached hydrogens (tertiary/aromatic N) is 4. The molecule has 6 nitrogen and oxygen atoms in total. The molecule has 0 unspecified atom stereocenters. The molecule has 152 valence electrons. The van der Waals surface area contributed by atoms with Crippen molar-refractivity contribution in [3.05, 3.63) is 102 Å². The molecular formula is C24H18FN5O. The zero-order valence-corrected chi connectivity index (χ0v) is 16.7. The van der Waals surface area contributed by atoms with Gasteiger partial charge >= 0.3 is 0 Å². The van der Waals surface area contributed by atoms with Gasteiger partial charge in [0.1, 0.15) is 23.0 Å². The van der Waals surface area contributed by atoms with Gasteiger partial charge in [-0.25, -0.2) is 14.1 Å². The van der Waals surface area contributed by atoms with Crippen LogP contribution in [0.1, 0.15) is 16.1 Å². The van der Waals surface area contributed by atoms with Crippen LogP contribution >= 0.6 is 0 Å². The van der Waals surface area contributed by atoms with E-state index in [0.29, 0.717) is 17.2 Å². The van der Waals surface area contributed by atoms with Crippen LogP contribution in [0.15, 0.2) is 85.2 Å². The second-order valence-corrected chi connectivity index (χ2v) is 7.14. The topological polar surface area (TPSA) is 64.2 Å². The average Bonchev–Trinajstić information content (AvgIpc) is 3.41. The fourth-order valence-electron chi connectivity index (χ4n) is 3.50. The van der Waals surface area contributed by atoms with Crippen LogP contribution in [0.4, 0.5) is 10.2 Å². The first-order valence-electron chi connectivity index (χ1n) is 9.76. The Labute approximate surface area is 177 Å². The molecule has 0 fully saturated rings. The van der Waals surface area contributed by atoms with Crippen LogP contribution in [-0.4, -0.2) is 25.1 Å². The number of halogens is 1. The van der Waals surface area contributed by atoms with Crippen molar-refractivity contribution in [2.24, 2.45) is 0 Å². The minimum atomic E-state index is -0.379. The van der Waals surface area contributed by atoms with E-state index in [-0.39, 0.29) is 17.4 Å². The fourth-order valence-corrected chi connectivity index (χ4v) is 3.50. The Morgan fingerprint density at radius 2 is 1.81 bits per heavy atom. The number of carbonyl (C=O) groups is 1. The van der Waals surface area contributed by atoms with Gasteiger partial charge in [-0.05, 0) is 42.8 Å². The minimum Gasteiger partial charge on any atom is -0.304 e. The number of hydrogen-bond donors (Lipinski definition) is 1. The Bertz CT molecular complexity index is 1400. The molecule has 0 bridgehead atoms. The summed E-state index contributed by atoms with van der Waals surface area (Å²) in [7, 11) is 0. The van der Waals surface area contributed by atoms with Crippen LogP contribution < -0.4 is 5.32 Å². The summed E-state index contributed by atoms with van der Waals surface area (Å²) >= 11 is 0. The molecule has 0 saturated carbocycles. The first-order chi connectivity index (χ1) is 15.1. The zero-order valence-electron chi connectivity index (χ0n) is 16.7. The molecule has 0 aliphatic rings. The van der Waals surface area contributed by atoms with Crippen molar-refractivity contribution in [3.63, 3.8) is 0 Å². The molecule has 3 aromatic heterocycles. The molecule has 7 heteroatoms. The van der Waals surface area contributed by atoms with Gasteiger partial charge in [0.15, 0.2) is 5.69 Å². The smallest absolute Gasteiger partial charge is 0.277 e. The Morgan fingerprint density at radius 1 is 0.968 bits per heavy atom. The van der Waals surface area contributed by atoms with Gasteiger partial charge in [0.05, 0.1) is 5.69 Å². The number of benzene rings is 2. The van der Waals surface area contributed by atoms with Gasteiger partial charge in [0.25, 0.3) is 5.91 Å². The lowest BCUT2D eigenvalue weighted by atomic mass is 10.1. The summed E-state index contributed by atoms with van der Waals surface area (Å²) in [4.78, 5) is 17.8. The van der Waals surface area contributed by atoms with Gasteiger partial charge in [-0.3, -0.25) is 9.20 Å². The van der Waals surface area contributed by atoms with Crippen LogP contribution in [0.5, 0.6) is 0 Å². The van der Waals surface area contributed by atoms with Crippen molar-refractivity contribution in [1.82, 2.24) is 19.2 Å². The minimum absolute atomic E-state index is 0.214. The zero-order chi connectivity index (χ0) is 21.4. The SMILES string of the molecule is Cc1cccn2c(NC(=O)c3ccn(-c4cccc(F)c4)n3)c(-c3ccccc3)nc12. The highest BCUT2D eigenvalue weighted by atomic mass is 19.1. The molecule has 0 atom stereocenters. The monoisotopic (exact) mass is 411 g/mol. The summed E-state index contributed by atoms with van der Waals surface area (Å²) in [6.45, 7) is 1.98. The largest absolute Gasteiger partial charge is 0.304 e. The Morgan fingerprint density at radius 3 is 2.61 bits per heavy atom. The van der Waals surface area contributed by atoms with Crippen molar-refractivity contribution in [1.29, 1.82) is 0 Å². The van der Waals surface area contributed by atoms with E-state index in [1.807, 2.05) is 60.0 Å². The highest BCUT2D eigenvalue weighted by Gasteiger charge is 2.19. The van der Waals surface area contributed by atoms with E-state index in [4.69, 9.17) is 4.98 Å². The van der Waals surface area contributed by atoms with Crippen molar-refractivity contribution in [3.8, 4) is 16.9 Å². The lowest BCUT2D eigenvalue weighted by Crippen LogP contribution is -2.15. The number of fused-ring (bicyclic) bond motifs is 1. The third-order valence-electron chi connectivity index (χ3n) is 5.02. The summed E-state index contributed by atoms with van der Waals surface area (Å²) in [5.74, 6) is -0.182. The first kappa shape index (κ1) is 18.7. The van der Waals surface area contributed by atoms with Crippen LogP contribution in [0.3, 0.4) is 0 Å². The fraction of sp³-hybridized carbons (Fsp3) is 0.0417. The van der Waals surface area contributed by atoms with E-state index in [1.54, 1.807) is 24.4 Å². The molecule has 1 N–H and O–H groups in total. The van der Waals surface area contributed by atoms with Gasteiger partial charge in [0.2, 0.25) is 0 Å². The molecule has 3 heterocycles. The van der Waals surface area contributed by atoms with Crippen LogP contribution in [0, 0.1) is 12.7 Å². The predicted molar refractivity (Wildman–Crippen MR) is 117 cm³/mol. The molecule has 2 aromatic carbocycles. The molecule has 31 heavy (non-hydrogen) atoms. The van der Waals surface area contributed by atoms with Crippen molar-refractivity contribution >= 4 is 17.4 Å². The van der Waals surface area contributed by atoms with Gasteiger partial charge in [-0.2, -0.15) is 5.10 Å². The van der Waals surface area contributed by atoms with Crippen molar-refractivity contribution < 1.29 is 9.18 Å². The normalized spacial score (nSPS) is 11.0. The number of nitrogens with one attached hydrogen (secondary N) is 1. The molecule has 0 aliphatic carbocycles.